The van der Waals surface area contributed by atoms with Crippen LogP contribution in [0.15, 0.2) is 36.7 Å². The van der Waals surface area contributed by atoms with Gasteiger partial charge in [0.2, 0.25) is 0 Å². The van der Waals surface area contributed by atoms with Crippen molar-refractivity contribution in [2.45, 2.75) is 64.5 Å². The Bertz CT molecular complexity index is 875. The number of benzene rings is 1. The van der Waals surface area contributed by atoms with Crippen LogP contribution >= 0.6 is 0 Å². The second-order valence-corrected chi connectivity index (χ2v) is 9.78. The summed E-state index contributed by atoms with van der Waals surface area (Å²) in [5, 5.41) is 3.20. The number of hydrogen-bond donors (Lipinski definition) is 1. The van der Waals surface area contributed by atoms with Crippen molar-refractivity contribution in [3.05, 3.63) is 48.0 Å². The van der Waals surface area contributed by atoms with E-state index in [-0.39, 0.29) is 6.03 Å². The summed E-state index contributed by atoms with van der Waals surface area (Å²) >= 11 is 0. The molecule has 0 radical (unpaired) electrons. The first-order chi connectivity index (χ1) is 14.0. The Morgan fingerprint density at radius 3 is 2.66 bits per heavy atom. The van der Waals surface area contributed by atoms with Gasteiger partial charge in [-0.05, 0) is 67.6 Å². The first-order valence-corrected chi connectivity index (χ1v) is 11.2. The first kappa shape index (κ1) is 18.7. The van der Waals surface area contributed by atoms with Gasteiger partial charge in [0, 0.05) is 43.1 Å². The Morgan fingerprint density at radius 2 is 1.90 bits per heavy atom. The Morgan fingerprint density at radius 1 is 1.14 bits per heavy atom. The zero-order valence-corrected chi connectivity index (χ0v) is 17.6. The molecule has 2 aliphatic heterocycles. The van der Waals surface area contributed by atoms with Gasteiger partial charge >= 0.3 is 6.03 Å². The van der Waals surface area contributed by atoms with Gasteiger partial charge in [-0.2, -0.15) is 0 Å². The number of rotatable bonds is 4. The fourth-order valence-corrected chi connectivity index (χ4v) is 6.13. The van der Waals surface area contributed by atoms with Crippen LogP contribution in [-0.2, 0) is 6.54 Å². The minimum atomic E-state index is 0.0888. The average Bonchev–Trinajstić information content (AvgIpc) is 3.04. The molecule has 6 rings (SSSR count). The minimum absolute atomic E-state index is 0.0888. The highest BCUT2D eigenvalue weighted by Crippen LogP contribution is 2.47. The van der Waals surface area contributed by atoms with Crippen LogP contribution in [-0.4, -0.2) is 33.1 Å². The second-order valence-electron chi connectivity index (χ2n) is 9.78. The smallest absolute Gasteiger partial charge is 0.322 e. The third-order valence-electron chi connectivity index (χ3n) is 7.16. The van der Waals surface area contributed by atoms with Crippen LogP contribution in [0, 0.1) is 17.8 Å². The Labute approximate surface area is 173 Å². The molecule has 2 atom stereocenters. The van der Waals surface area contributed by atoms with E-state index < -0.39 is 0 Å². The van der Waals surface area contributed by atoms with Gasteiger partial charge in [-0.15, -0.1) is 0 Å². The highest BCUT2D eigenvalue weighted by atomic mass is 16.2. The molecule has 2 aromatic rings. The summed E-state index contributed by atoms with van der Waals surface area (Å²) in [4.78, 5) is 19.8. The summed E-state index contributed by atoms with van der Waals surface area (Å²) in [5.41, 5.74) is 2.07. The standard InChI is InChI=1S/C24H32N4O/c1-16(2)23-25-6-7-27(23)14-17-4-3-5-21(11-17)26-24(29)28-15-20-9-18-8-19(10-20)13-22(28)12-18/h3-7,11,16,18-20,22H,8-10,12-15H2,1-2H3,(H,26,29). The number of urea groups is 1. The largest absolute Gasteiger partial charge is 0.330 e. The molecule has 2 aliphatic carbocycles. The lowest BCUT2D eigenvalue weighted by Gasteiger charge is -2.38. The first-order valence-electron chi connectivity index (χ1n) is 11.2. The minimum Gasteiger partial charge on any atom is -0.330 e. The monoisotopic (exact) mass is 392 g/mol. The molecule has 4 fully saturated rings. The van der Waals surface area contributed by atoms with Gasteiger partial charge in [0.15, 0.2) is 0 Å². The molecule has 3 heterocycles. The zero-order valence-electron chi connectivity index (χ0n) is 17.6. The highest BCUT2D eigenvalue weighted by Gasteiger charge is 2.44. The molecule has 0 spiro atoms. The van der Waals surface area contributed by atoms with Gasteiger partial charge in [-0.25, -0.2) is 9.78 Å². The maximum Gasteiger partial charge on any atom is 0.322 e. The summed E-state index contributed by atoms with van der Waals surface area (Å²) in [7, 11) is 0. The molecule has 2 amide bonds. The molecule has 29 heavy (non-hydrogen) atoms. The van der Waals surface area contributed by atoms with Gasteiger partial charge in [-0.3, -0.25) is 0 Å². The summed E-state index contributed by atoms with van der Waals surface area (Å²) < 4.78 is 2.19. The molecule has 1 aromatic heterocycles. The van der Waals surface area contributed by atoms with E-state index >= 15 is 0 Å². The van der Waals surface area contributed by atoms with Crippen LogP contribution in [0.25, 0.3) is 0 Å². The Kier molecular flexibility index (Phi) is 4.84. The lowest BCUT2D eigenvalue weighted by atomic mass is 9.68. The lowest BCUT2D eigenvalue weighted by molar-refractivity contribution is 0.136. The van der Waals surface area contributed by atoms with Crippen LogP contribution in [0.4, 0.5) is 10.5 Å². The van der Waals surface area contributed by atoms with E-state index in [1.807, 2.05) is 24.5 Å². The number of fused-ring (bicyclic) bond motifs is 1. The molecular weight excluding hydrogens is 360 g/mol. The quantitative estimate of drug-likeness (QED) is 0.787. The van der Waals surface area contributed by atoms with Crippen molar-refractivity contribution in [1.82, 2.24) is 14.5 Å². The Balaban J connectivity index is 1.29. The number of carbonyl (C=O) groups excluding carboxylic acids is 1. The van der Waals surface area contributed by atoms with Gasteiger partial charge in [0.25, 0.3) is 0 Å². The molecule has 2 saturated carbocycles. The molecule has 2 saturated heterocycles. The summed E-state index contributed by atoms with van der Waals surface area (Å²) in [6.07, 6.45) is 10.4. The van der Waals surface area contributed by atoms with Gasteiger partial charge in [-0.1, -0.05) is 26.0 Å². The van der Waals surface area contributed by atoms with E-state index in [1.54, 1.807) is 0 Å². The number of amides is 2. The molecular formula is C24H32N4O. The predicted molar refractivity (Wildman–Crippen MR) is 115 cm³/mol. The van der Waals surface area contributed by atoms with E-state index in [0.717, 1.165) is 36.4 Å². The maximum atomic E-state index is 13.2. The molecule has 5 nitrogen and oxygen atoms in total. The van der Waals surface area contributed by atoms with Crippen molar-refractivity contribution in [3.63, 3.8) is 0 Å². The van der Waals surface area contributed by atoms with Gasteiger partial charge in [0.1, 0.15) is 5.82 Å². The van der Waals surface area contributed by atoms with E-state index in [1.165, 1.54) is 37.7 Å². The molecule has 1 N–H and O–H groups in total. The van der Waals surface area contributed by atoms with Crippen LogP contribution in [0.5, 0.6) is 0 Å². The lowest BCUT2D eigenvalue weighted by Crippen LogP contribution is -2.44. The van der Waals surface area contributed by atoms with Crippen LogP contribution in [0.1, 0.15) is 63.3 Å². The summed E-state index contributed by atoms with van der Waals surface area (Å²) in [6, 6.07) is 8.78. The third-order valence-corrected chi connectivity index (χ3v) is 7.16. The van der Waals surface area contributed by atoms with Crippen molar-refractivity contribution in [2.75, 3.05) is 11.9 Å². The Hall–Kier alpha value is -2.30. The fraction of sp³-hybridized carbons (Fsp3) is 0.583. The van der Waals surface area contributed by atoms with E-state index in [2.05, 4.69) is 45.7 Å². The zero-order chi connectivity index (χ0) is 20.0. The fourth-order valence-electron chi connectivity index (χ4n) is 6.13. The number of nitrogens with one attached hydrogen (secondary N) is 1. The van der Waals surface area contributed by atoms with E-state index in [0.29, 0.717) is 17.9 Å². The molecule has 1 aromatic carbocycles. The van der Waals surface area contributed by atoms with Crippen molar-refractivity contribution in [1.29, 1.82) is 0 Å². The number of aromatic nitrogens is 2. The van der Waals surface area contributed by atoms with Gasteiger partial charge < -0.3 is 14.8 Å². The second kappa shape index (κ2) is 7.51. The van der Waals surface area contributed by atoms with Crippen LogP contribution < -0.4 is 5.32 Å². The highest BCUT2D eigenvalue weighted by molar-refractivity contribution is 5.89. The number of anilines is 1. The molecule has 5 heteroatoms. The summed E-state index contributed by atoms with van der Waals surface area (Å²) in [5.74, 6) is 3.89. The van der Waals surface area contributed by atoms with Crippen molar-refractivity contribution >= 4 is 11.7 Å². The van der Waals surface area contributed by atoms with E-state index in [9.17, 15) is 4.79 Å². The van der Waals surface area contributed by atoms with E-state index in [4.69, 9.17) is 0 Å². The van der Waals surface area contributed by atoms with Crippen molar-refractivity contribution < 1.29 is 4.79 Å². The molecule has 2 unspecified atom stereocenters. The van der Waals surface area contributed by atoms with Crippen molar-refractivity contribution in [2.24, 2.45) is 17.8 Å². The maximum absolute atomic E-state index is 13.2. The predicted octanol–water partition coefficient (Wildman–Crippen LogP) is 5.10. The van der Waals surface area contributed by atoms with Crippen LogP contribution in [0.3, 0.4) is 0 Å². The third kappa shape index (κ3) is 3.79. The topological polar surface area (TPSA) is 50.2 Å². The molecule has 4 bridgehead atoms. The number of nitrogens with zero attached hydrogens (tertiary/aromatic N) is 3. The normalized spacial score (nSPS) is 28.0. The summed E-state index contributed by atoms with van der Waals surface area (Å²) in [6.45, 7) is 6.04. The van der Waals surface area contributed by atoms with Crippen LogP contribution in [0.2, 0.25) is 0 Å². The molecule has 154 valence electrons. The number of hydrogen-bond acceptors (Lipinski definition) is 2. The van der Waals surface area contributed by atoms with Crippen molar-refractivity contribution in [3.8, 4) is 0 Å². The van der Waals surface area contributed by atoms with Gasteiger partial charge in [0.05, 0.1) is 0 Å². The average molecular weight is 393 g/mol. The molecule has 4 aliphatic rings. The number of carbonyl (C=O) groups is 1. The SMILES string of the molecule is CC(C)c1nccn1Cc1cccc(NC(=O)N2CC3CC4CC(C3)CC2C4)c1. The number of imidazole rings is 1.